The van der Waals surface area contributed by atoms with Crippen LogP contribution in [-0.2, 0) is 4.79 Å². The molecule has 2 aromatic heterocycles. The van der Waals surface area contributed by atoms with E-state index in [1.54, 1.807) is 24.3 Å². The van der Waals surface area contributed by atoms with Gasteiger partial charge in [0.25, 0.3) is 11.1 Å². The van der Waals surface area contributed by atoms with E-state index in [1.165, 1.54) is 0 Å². The zero-order valence-corrected chi connectivity index (χ0v) is 14.8. The minimum absolute atomic E-state index is 0.134. The van der Waals surface area contributed by atoms with Gasteiger partial charge in [0.2, 0.25) is 5.91 Å². The molecule has 0 atom stereocenters. The van der Waals surface area contributed by atoms with E-state index in [0.717, 1.165) is 28.2 Å². The van der Waals surface area contributed by atoms with E-state index in [4.69, 9.17) is 9.68 Å². The van der Waals surface area contributed by atoms with Crippen LogP contribution in [0.25, 0.3) is 22.4 Å². The number of fused-ring (bicyclic) bond motifs is 1. The molecule has 2 aromatic carbocycles. The monoisotopic (exact) mass is 375 g/mol. The number of thioether (sulfide) groups is 1. The summed E-state index contributed by atoms with van der Waals surface area (Å²) in [4.78, 5) is 15.2. The van der Waals surface area contributed by atoms with Crippen molar-refractivity contribution in [2.24, 2.45) is 0 Å². The number of rotatable bonds is 5. The standard InChI is InChI=1S/C19H13N5O2S/c20-9-12-5-7-13(8-6-12)22-17(25)11-27-19-24-23-18(26-19)15-10-21-16-4-2-1-3-14(15)16/h1-8,10,21H,11H2,(H,22,25). The van der Waals surface area contributed by atoms with Crippen LogP contribution in [-0.4, -0.2) is 26.8 Å². The van der Waals surface area contributed by atoms with Crippen molar-refractivity contribution in [2.45, 2.75) is 5.22 Å². The van der Waals surface area contributed by atoms with E-state index >= 15 is 0 Å². The third kappa shape index (κ3) is 3.68. The summed E-state index contributed by atoms with van der Waals surface area (Å²) in [6, 6.07) is 16.5. The third-order valence-corrected chi connectivity index (χ3v) is 4.67. The summed E-state index contributed by atoms with van der Waals surface area (Å²) in [6.07, 6.45) is 1.82. The lowest BCUT2D eigenvalue weighted by Crippen LogP contribution is -2.13. The molecule has 0 aliphatic carbocycles. The van der Waals surface area contributed by atoms with Crippen molar-refractivity contribution < 1.29 is 9.21 Å². The van der Waals surface area contributed by atoms with E-state index in [9.17, 15) is 4.79 Å². The predicted octanol–water partition coefficient (Wildman–Crippen LogP) is 3.82. The zero-order valence-electron chi connectivity index (χ0n) is 14.0. The highest BCUT2D eigenvalue weighted by Crippen LogP contribution is 2.29. The molecule has 0 fully saturated rings. The van der Waals surface area contributed by atoms with E-state index in [2.05, 4.69) is 20.5 Å². The predicted molar refractivity (Wildman–Crippen MR) is 102 cm³/mol. The second-order valence-electron chi connectivity index (χ2n) is 5.65. The molecule has 4 rings (SSSR count). The number of H-pyrrole nitrogens is 1. The number of anilines is 1. The molecule has 0 unspecified atom stereocenters. The van der Waals surface area contributed by atoms with Crippen molar-refractivity contribution in [3.8, 4) is 17.5 Å². The molecule has 1 amide bonds. The lowest BCUT2D eigenvalue weighted by Gasteiger charge is -2.03. The normalized spacial score (nSPS) is 10.6. The van der Waals surface area contributed by atoms with E-state index in [0.29, 0.717) is 22.4 Å². The summed E-state index contributed by atoms with van der Waals surface area (Å²) >= 11 is 1.16. The number of carbonyl (C=O) groups is 1. The fourth-order valence-electron chi connectivity index (χ4n) is 2.58. The molecule has 0 spiro atoms. The van der Waals surface area contributed by atoms with Gasteiger partial charge in [-0.05, 0) is 30.3 Å². The average Bonchev–Trinajstić information content (AvgIpc) is 3.33. The highest BCUT2D eigenvalue weighted by Gasteiger charge is 2.14. The number of nitrogens with zero attached hydrogens (tertiary/aromatic N) is 3. The summed E-state index contributed by atoms with van der Waals surface area (Å²) < 4.78 is 5.67. The Balaban J connectivity index is 1.39. The Bertz CT molecular complexity index is 1140. The SMILES string of the molecule is N#Cc1ccc(NC(=O)CSc2nnc(-c3c[nH]c4ccccc34)o2)cc1. The molecule has 2 heterocycles. The second kappa shape index (κ2) is 7.35. The Labute approximate surface area is 158 Å². The van der Waals surface area contributed by atoms with Crippen LogP contribution in [0, 0.1) is 11.3 Å². The van der Waals surface area contributed by atoms with Gasteiger partial charge in [-0.3, -0.25) is 4.79 Å². The minimum atomic E-state index is -0.198. The molecule has 0 aliphatic rings. The third-order valence-electron chi connectivity index (χ3n) is 3.85. The molecule has 2 N–H and O–H groups in total. The number of hydrogen-bond donors (Lipinski definition) is 2. The van der Waals surface area contributed by atoms with Crippen molar-refractivity contribution in [3.63, 3.8) is 0 Å². The molecule has 4 aromatic rings. The van der Waals surface area contributed by atoms with Crippen LogP contribution in [0.15, 0.2) is 64.4 Å². The van der Waals surface area contributed by atoms with Gasteiger partial charge < -0.3 is 14.7 Å². The maximum atomic E-state index is 12.1. The number of aromatic nitrogens is 3. The first-order chi connectivity index (χ1) is 13.2. The van der Waals surface area contributed by atoms with Gasteiger partial charge in [0.15, 0.2) is 0 Å². The Morgan fingerprint density at radius 1 is 1.19 bits per heavy atom. The molecule has 0 aliphatic heterocycles. The number of nitrogens with one attached hydrogen (secondary N) is 2. The van der Waals surface area contributed by atoms with E-state index in [-0.39, 0.29) is 11.7 Å². The smallest absolute Gasteiger partial charge is 0.277 e. The van der Waals surface area contributed by atoms with Gasteiger partial charge in [0.1, 0.15) is 0 Å². The van der Waals surface area contributed by atoms with Crippen LogP contribution >= 0.6 is 11.8 Å². The van der Waals surface area contributed by atoms with Gasteiger partial charge in [-0.25, -0.2) is 0 Å². The van der Waals surface area contributed by atoms with Crippen molar-refractivity contribution in [1.29, 1.82) is 5.26 Å². The largest absolute Gasteiger partial charge is 0.411 e. The van der Waals surface area contributed by atoms with Gasteiger partial charge in [0.05, 0.1) is 22.9 Å². The van der Waals surface area contributed by atoms with Crippen molar-refractivity contribution in [2.75, 3.05) is 11.1 Å². The van der Waals surface area contributed by atoms with E-state index < -0.39 is 0 Å². The molecule has 0 saturated carbocycles. The van der Waals surface area contributed by atoms with Crippen molar-refractivity contribution in [3.05, 3.63) is 60.3 Å². The number of aromatic amines is 1. The number of para-hydroxylation sites is 1. The first-order valence-electron chi connectivity index (χ1n) is 8.06. The van der Waals surface area contributed by atoms with Crippen molar-refractivity contribution in [1.82, 2.24) is 15.2 Å². The fourth-order valence-corrected chi connectivity index (χ4v) is 3.14. The maximum Gasteiger partial charge on any atom is 0.277 e. The second-order valence-corrected chi connectivity index (χ2v) is 6.57. The van der Waals surface area contributed by atoms with Gasteiger partial charge in [0, 0.05) is 22.8 Å². The highest BCUT2D eigenvalue weighted by molar-refractivity contribution is 7.99. The molecule has 0 radical (unpaired) electrons. The Hall–Kier alpha value is -3.57. The quantitative estimate of drug-likeness (QED) is 0.514. The van der Waals surface area contributed by atoms with Crippen LogP contribution < -0.4 is 5.32 Å². The zero-order chi connectivity index (χ0) is 18.6. The number of benzene rings is 2. The number of carbonyl (C=O) groups excluding carboxylic acids is 1. The first-order valence-corrected chi connectivity index (χ1v) is 9.04. The molecule has 27 heavy (non-hydrogen) atoms. The molecular formula is C19H13N5O2S. The maximum absolute atomic E-state index is 12.1. The number of hydrogen-bond acceptors (Lipinski definition) is 6. The van der Waals surface area contributed by atoms with Crippen LogP contribution in [0.4, 0.5) is 5.69 Å². The molecular weight excluding hydrogens is 362 g/mol. The summed E-state index contributed by atoms with van der Waals surface area (Å²) in [6.45, 7) is 0. The van der Waals surface area contributed by atoms with Gasteiger partial charge in [-0.2, -0.15) is 5.26 Å². The molecule has 7 nitrogen and oxygen atoms in total. The summed E-state index contributed by atoms with van der Waals surface area (Å²) in [5.74, 6) is 0.342. The lowest BCUT2D eigenvalue weighted by atomic mass is 10.2. The highest BCUT2D eigenvalue weighted by atomic mass is 32.2. The number of nitriles is 1. The summed E-state index contributed by atoms with van der Waals surface area (Å²) in [5, 5.41) is 20.9. The number of amides is 1. The van der Waals surface area contributed by atoms with Crippen LogP contribution in [0.2, 0.25) is 0 Å². The van der Waals surface area contributed by atoms with E-state index in [1.807, 2.05) is 36.5 Å². The van der Waals surface area contributed by atoms with Crippen molar-refractivity contribution >= 4 is 34.3 Å². The topological polar surface area (TPSA) is 108 Å². The Morgan fingerprint density at radius 2 is 2.00 bits per heavy atom. The van der Waals surface area contributed by atoms with Gasteiger partial charge in [-0.1, -0.05) is 30.0 Å². The summed E-state index contributed by atoms with van der Waals surface area (Å²) in [7, 11) is 0. The molecule has 132 valence electrons. The molecule has 8 heteroatoms. The first kappa shape index (κ1) is 16.9. The minimum Gasteiger partial charge on any atom is -0.411 e. The van der Waals surface area contributed by atoms with Crippen LogP contribution in [0.1, 0.15) is 5.56 Å². The fraction of sp³-hybridized carbons (Fsp3) is 0.0526. The van der Waals surface area contributed by atoms with Crippen LogP contribution in [0.5, 0.6) is 0 Å². The van der Waals surface area contributed by atoms with Gasteiger partial charge in [-0.15, -0.1) is 10.2 Å². The van der Waals surface area contributed by atoms with Crippen LogP contribution in [0.3, 0.4) is 0 Å². The molecule has 0 saturated heterocycles. The summed E-state index contributed by atoms with van der Waals surface area (Å²) in [5.41, 5.74) is 2.98. The Kier molecular flexibility index (Phi) is 4.60. The Morgan fingerprint density at radius 3 is 2.81 bits per heavy atom. The lowest BCUT2D eigenvalue weighted by molar-refractivity contribution is -0.113. The average molecular weight is 375 g/mol. The molecule has 0 bridgehead atoms. The van der Waals surface area contributed by atoms with Gasteiger partial charge >= 0.3 is 0 Å².